The molecule has 0 heterocycles. The first-order valence-electron chi connectivity index (χ1n) is 6.85. The molecule has 1 heteroatoms. The lowest BCUT2D eigenvalue weighted by Gasteiger charge is -2.20. The largest absolute Gasteiger partial charge is 0.310 e. The van der Waals surface area contributed by atoms with Crippen LogP contribution in [0.15, 0.2) is 18.2 Å². The van der Waals surface area contributed by atoms with Gasteiger partial charge in [0.2, 0.25) is 0 Å². The van der Waals surface area contributed by atoms with Crippen LogP contribution in [0.1, 0.15) is 56.3 Å². The molecule has 0 amide bonds. The van der Waals surface area contributed by atoms with Crippen molar-refractivity contribution in [2.45, 2.75) is 53.5 Å². The van der Waals surface area contributed by atoms with E-state index in [4.69, 9.17) is 0 Å². The quantitative estimate of drug-likeness (QED) is 0.768. The molecule has 1 atom stereocenters. The van der Waals surface area contributed by atoms with Crippen molar-refractivity contribution >= 4 is 0 Å². The predicted molar refractivity (Wildman–Crippen MR) is 76.4 cm³/mol. The summed E-state index contributed by atoms with van der Waals surface area (Å²) in [5.41, 5.74) is 4.22. The molecule has 0 saturated carbocycles. The zero-order valence-corrected chi connectivity index (χ0v) is 12.0. The van der Waals surface area contributed by atoms with E-state index in [2.05, 4.69) is 58.1 Å². The number of benzene rings is 1. The maximum absolute atomic E-state index is 3.60. The summed E-state index contributed by atoms with van der Waals surface area (Å²) in [5.74, 6) is 0.780. The topological polar surface area (TPSA) is 12.0 Å². The predicted octanol–water partition coefficient (Wildman–Crippen LogP) is 4.39. The third-order valence-corrected chi connectivity index (χ3v) is 3.42. The minimum Gasteiger partial charge on any atom is -0.310 e. The van der Waals surface area contributed by atoms with Crippen molar-refractivity contribution in [3.63, 3.8) is 0 Å². The summed E-state index contributed by atoms with van der Waals surface area (Å²) >= 11 is 0. The fourth-order valence-corrected chi connectivity index (χ4v) is 2.11. The molecule has 1 aromatic carbocycles. The van der Waals surface area contributed by atoms with E-state index in [1.807, 2.05) is 0 Å². The number of hydrogen-bond donors (Lipinski definition) is 1. The molecule has 0 bridgehead atoms. The van der Waals surface area contributed by atoms with E-state index in [1.54, 1.807) is 0 Å². The fourth-order valence-electron chi connectivity index (χ4n) is 2.11. The fraction of sp³-hybridized carbons (Fsp3) is 0.625. The molecule has 0 fully saturated rings. The summed E-state index contributed by atoms with van der Waals surface area (Å²) in [7, 11) is 0. The zero-order valence-electron chi connectivity index (χ0n) is 12.0. The van der Waals surface area contributed by atoms with Gasteiger partial charge in [-0.05, 0) is 55.8 Å². The van der Waals surface area contributed by atoms with Gasteiger partial charge >= 0.3 is 0 Å². The minimum absolute atomic E-state index is 0.515. The molecule has 1 unspecified atom stereocenters. The standard InChI is InChI=1S/C16H27N/c1-6-17-16(10-7-12(2)3)15-9-8-13(4)14(5)11-15/h8-9,11-12,16-17H,6-7,10H2,1-5H3. The van der Waals surface area contributed by atoms with Crippen LogP contribution in [-0.2, 0) is 0 Å². The lowest BCUT2D eigenvalue weighted by atomic mass is 9.95. The monoisotopic (exact) mass is 233 g/mol. The van der Waals surface area contributed by atoms with Crippen LogP contribution >= 0.6 is 0 Å². The van der Waals surface area contributed by atoms with Gasteiger partial charge in [0.15, 0.2) is 0 Å². The Morgan fingerprint density at radius 1 is 1.06 bits per heavy atom. The summed E-state index contributed by atoms with van der Waals surface area (Å²) < 4.78 is 0. The van der Waals surface area contributed by atoms with Crippen molar-refractivity contribution in [1.29, 1.82) is 0 Å². The average molecular weight is 233 g/mol. The molecule has 0 saturated heterocycles. The maximum atomic E-state index is 3.60. The molecule has 0 aliphatic carbocycles. The van der Waals surface area contributed by atoms with Crippen molar-refractivity contribution in [1.82, 2.24) is 5.32 Å². The van der Waals surface area contributed by atoms with Crippen LogP contribution in [0, 0.1) is 19.8 Å². The van der Waals surface area contributed by atoms with Gasteiger partial charge in [0.25, 0.3) is 0 Å². The van der Waals surface area contributed by atoms with Gasteiger partial charge in [-0.15, -0.1) is 0 Å². The highest BCUT2D eigenvalue weighted by Gasteiger charge is 2.11. The van der Waals surface area contributed by atoms with E-state index >= 15 is 0 Å². The second-order valence-electron chi connectivity index (χ2n) is 5.43. The highest BCUT2D eigenvalue weighted by Crippen LogP contribution is 2.23. The summed E-state index contributed by atoms with van der Waals surface area (Å²) in [6, 6.07) is 7.37. The van der Waals surface area contributed by atoms with Gasteiger partial charge in [0, 0.05) is 6.04 Å². The van der Waals surface area contributed by atoms with Crippen LogP contribution in [0.25, 0.3) is 0 Å². The van der Waals surface area contributed by atoms with E-state index in [0.29, 0.717) is 6.04 Å². The Bertz CT molecular complexity index is 341. The normalized spacial score (nSPS) is 13.1. The van der Waals surface area contributed by atoms with E-state index in [-0.39, 0.29) is 0 Å². The number of aryl methyl sites for hydroxylation is 2. The molecule has 0 aliphatic heterocycles. The highest BCUT2D eigenvalue weighted by molar-refractivity contribution is 5.31. The van der Waals surface area contributed by atoms with Gasteiger partial charge < -0.3 is 5.32 Å². The number of hydrogen-bond acceptors (Lipinski definition) is 1. The number of rotatable bonds is 6. The Balaban J connectivity index is 2.77. The number of nitrogens with one attached hydrogen (secondary N) is 1. The first-order valence-corrected chi connectivity index (χ1v) is 6.85. The Hall–Kier alpha value is -0.820. The zero-order chi connectivity index (χ0) is 12.8. The van der Waals surface area contributed by atoms with E-state index in [0.717, 1.165) is 12.5 Å². The second-order valence-corrected chi connectivity index (χ2v) is 5.43. The Kier molecular flexibility index (Phi) is 5.70. The maximum Gasteiger partial charge on any atom is 0.0320 e. The van der Waals surface area contributed by atoms with E-state index in [9.17, 15) is 0 Å². The molecule has 0 aromatic heterocycles. The summed E-state index contributed by atoms with van der Waals surface area (Å²) in [4.78, 5) is 0. The van der Waals surface area contributed by atoms with Crippen molar-refractivity contribution in [3.05, 3.63) is 34.9 Å². The first kappa shape index (κ1) is 14.2. The SMILES string of the molecule is CCNC(CCC(C)C)c1ccc(C)c(C)c1. The summed E-state index contributed by atoms with van der Waals surface area (Å²) in [6.45, 7) is 12.2. The lowest BCUT2D eigenvalue weighted by Crippen LogP contribution is -2.21. The first-order chi connectivity index (χ1) is 8.04. The van der Waals surface area contributed by atoms with E-state index in [1.165, 1.54) is 29.5 Å². The van der Waals surface area contributed by atoms with Gasteiger partial charge in [0.05, 0.1) is 0 Å². The molecule has 1 rings (SSSR count). The molecule has 1 N–H and O–H groups in total. The Morgan fingerprint density at radius 2 is 1.76 bits per heavy atom. The third-order valence-electron chi connectivity index (χ3n) is 3.42. The Morgan fingerprint density at radius 3 is 2.29 bits per heavy atom. The molecule has 1 aromatic rings. The summed E-state index contributed by atoms with van der Waals surface area (Å²) in [5, 5.41) is 3.60. The van der Waals surface area contributed by atoms with Crippen LogP contribution in [-0.4, -0.2) is 6.54 Å². The third kappa shape index (κ3) is 4.51. The van der Waals surface area contributed by atoms with Crippen LogP contribution in [0.4, 0.5) is 0 Å². The molecular weight excluding hydrogens is 206 g/mol. The molecule has 0 spiro atoms. The van der Waals surface area contributed by atoms with Crippen LogP contribution in [0.2, 0.25) is 0 Å². The molecule has 1 nitrogen and oxygen atoms in total. The molecule has 0 radical (unpaired) electrons. The molecule has 96 valence electrons. The summed E-state index contributed by atoms with van der Waals surface area (Å²) in [6.07, 6.45) is 2.51. The Labute approximate surface area is 107 Å². The van der Waals surface area contributed by atoms with Crippen molar-refractivity contribution < 1.29 is 0 Å². The lowest BCUT2D eigenvalue weighted by molar-refractivity contribution is 0.448. The molecule has 17 heavy (non-hydrogen) atoms. The van der Waals surface area contributed by atoms with Gasteiger partial charge in [0.1, 0.15) is 0 Å². The van der Waals surface area contributed by atoms with Gasteiger partial charge in [-0.1, -0.05) is 39.0 Å². The molecule has 0 aliphatic rings. The van der Waals surface area contributed by atoms with Crippen molar-refractivity contribution in [3.8, 4) is 0 Å². The van der Waals surface area contributed by atoms with Crippen LogP contribution in [0.5, 0.6) is 0 Å². The van der Waals surface area contributed by atoms with Crippen molar-refractivity contribution in [2.75, 3.05) is 6.54 Å². The second kappa shape index (κ2) is 6.80. The van der Waals surface area contributed by atoms with Crippen molar-refractivity contribution in [2.24, 2.45) is 5.92 Å². The van der Waals surface area contributed by atoms with E-state index < -0.39 is 0 Å². The van der Waals surface area contributed by atoms with Crippen LogP contribution < -0.4 is 5.32 Å². The van der Waals surface area contributed by atoms with Gasteiger partial charge in [-0.25, -0.2) is 0 Å². The molecular formula is C16H27N. The smallest absolute Gasteiger partial charge is 0.0320 e. The minimum atomic E-state index is 0.515. The van der Waals surface area contributed by atoms with Gasteiger partial charge in [-0.3, -0.25) is 0 Å². The van der Waals surface area contributed by atoms with Gasteiger partial charge in [-0.2, -0.15) is 0 Å². The average Bonchev–Trinajstić information content (AvgIpc) is 2.28. The highest BCUT2D eigenvalue weighted by atomic mass is 14.9. The van der Waals surface area contributed by atoms with Crippen LogP contribution in [0.3, 0.4) is 0 Å².